The Bertz CT molecular complexity index is 1680. The summed E-state index contributed by atoms with van der Waals surface area (Å²) in [6, 6.07) is -3.38. The highest BCUT2D eigenvalue weighted by Gasteiger charge is 2.57. The predicted octanol–water partition coefficient (Wildman–Crippen LogP) is -13.1. The van der Waals surface area contributed by atoms with Crippen molar-refractivity contribution in [3.05, 3.63) is 0 Å². The third-order valence-electron chi connectivity index (χ3n) is 12.8. The average Bonchev–Trinajstić information content (AvgIpc) is 3.66. The van der Waals surface area contributed by atoms with Crippen molar-refractivity contribution >= 4 is 11.8 Å². The third-order valence-corrected chi connectivity index (χ3v) is 12.8. The first-order valence-electron chi connectivity index (χ1n) is 22.9. The smallest absolute Gasteiger partial charge is 0.217 e. The number of hydrogen-bond acceptors (Lipinski definition) is 30. The van der Waals surface area contributed by atoms with Gasteiger partial charge < -0.3 is 150 Å². The Balaban J connectivity index is 1.49. The molecule has 0 spiro atoms. The molecule has 5 heterocycles. The van der Waals surface area contributed by atoms with Crippen molar-refractivity contribution in [1.29, 1.82) is 0 Å². The first-order chi connectivity index (χ1) is 33.9. The van der Waals surface area contributed by atoms with Gasteiger partial charge in [-0.25, -0.2) is 0 Å². The van der Waals surface area contributed by atoms with Gasteiger partial charge in [0, 0.05) is 13.8 Å². The van der Waals surface area contributed by atoms with Crippen LogP contribution in [-0.4, -0.2) is 321 Å². The molecule has 5 fully saturated rings. The molecule has 20 N–H and O–H groups in total. The number of hydrogen-bond donors (Lipinski definition) is 20. The molecule has 32 heteroatoms. The maximum absolute atomic E-state index is 12.9. The molecule has 5 saturated heterocycles. The van der Waals surface area contributed by atoms with E-state index in [-0.39, 0.29) is 0 Å². The summed E-state index contributed by atoms with van der Waals surface area (Å²) in [5.41, 5.74) is 0. The van der Waals surface area contributed by atoms with E-state index in [1.807, 2.05) is 0 Å². The van der Waals surface area contributed by atoms with Crippen molar-refractivity contribution in [1.82, 2.24) is 10.6 Å². The molecule has 0 saturated carbocycles. The van der Waals surface area contributed by atoms with Crippen LogP contribution in [0, 0.1) is 0 Å². The number of amides is 2. The highest BCUT2D eigenvalue weighted by Crippen LogP contribution is 2.36. The lowest BCUT2D eigenvalue weighted by molar-refractivity contribution is -0.370. The number of carbonyl (C=O) groups excluding carboxylic acids is 2. The topological polar surface area (TPSA) is 515 Å². The van der Waals surface area contributed by atoms with E-state index in [1.165, 1.54) is 6.92 Å². The Morgan fingerprint density at radius 2 is 1.01 bits per heavy atom. The van der Waals surface area contributed by atoms with Gasteiger partial charge in [-0.2, -0.15) is 0 Å². The molecule has 5 rings (SSSR count). The van der Waals surface area contributed by atoms with Crippen molar-refractivity contribution in [3.8, 4) is 0 Å². The quantitative estimate of drug-likeness (QED) is 0.0479. The summed E-state index contributed by atoms with van der Waals surface area (Å²) < 4.78 is 57.9. The molecule has 0 aromatic heterocycles. The molecule has 5 aliphatic heterocycles. The third kappa shape index (κ3) is 13.9. The number of ether oxygens (including phenoxy) is 10. The minimum absolute atomic E-state index is 0.742. The van der Waals surface area contributed by atoms with Crippen molar-refractivity contribution in [2.75, 3.05) is 39.6 Å². The number of rotatable bonds is 22. The van der Waals surface area contributed by atoms with Crippen LogP contribution >= 0.6 is 0 Å². The van der Waals surface area contributed by atoms with Crippen molar-refractivity contribution < 1.29 is 149 Å². The largest absolute Gasteiger partial charge is 0.394 e. The Morgan fingerprint density at radius 3 is 1.60 bits per heavy atom. The van der Waals surface area contributed by atoms with Crippen LogP contribution in [0.15, 0.2) is 0 Å². The van der Waals surface area contributed by atoms with Gasteiger partial charge in [0.05, 0.1) is 45.7 Å². The van der Waals surface area contributed by atoms with Crippen LogP contribution in [0.5, 0.6) is 0 Å². The molecule has 32 nitrogen and oxygen atoms in total. The molecule has 29 atom stereocenters. The Labute approximate surface area is 409 Å². The SMILES string of the molecule is CC(=O)N[C@H]1[C@H](O[C@@H]2[C@H](O)[C@@H](O[C@H]3[C@H](O)[C@@H](CO[C@H]4O[C@H](CO)[C@@H](O)[C@H](O)[C@H]4O)O[C@@H](O[C@H]4[C@H](OC[C@@H](O)[C@@H](O)[C@H](O)[C@@H](O)CO)O[C@@H]([C@H](O)CO)[C@@H]4O)[C@@H]3NC(C)=O)O[C@H](C)[C@H]2O)O[C@H](CO)[C@@H](O)[C@@H]1O. The molecule has 0 aromatic rings. The fraction of sp³-hybridized carbons (Fsp3) is 0.950. The molecule has 0 bridgehead atoms. The predicted molar refractivity (Wildman–Crippen MR) is 223 cm³/mol. The zero-order valence-electron chi connectivity index (χ0n) is 38.9. The normalized spacial score (nSPS) is 44.9. The van der Waals surface area contributed by atoms with E-state index in [0.29, 0.717) is 0 Å². The zero-order chi connectivity index (χ0) is 53.6. The van der Waals surface area contributed by atoms with Gasteiger partial charge in [-0.3, -0.25) is 9.59 Å². The van der Waals surface area contributed by atoms with Crippen LogP contribution in [0.25, 0.3) is 0 Å². The monoisotopic (exact) mass is 1060 g/mol. The fourth-order valence-corrected chi connectivity index (χ4v) is 8.65. The first kappa shape index (κ1) is 60.7. The average molecular weight is 1060 g/mol. The van der Waals surface area contributed by atoms with Gasteiger partial charge in [-0.1, -0.05) is 0 Å². The van der Waals surface area contributed by atoms with E-state index in [1.54, 1.807) is 0 Å². The molecule has 0 radical (unpaired) electrons. The lowest BCUT2D eigenvalue weighted by Gasteiger charge is -2.49. The van der Waals surface area contributed by atoms with Gasteiger partial charge in [0.2, 0.25) is 11.8 Å². The molecule has 0 unspecified atom stereocenters. The highest BCUT2D eigenvalue weighted by molar-refractivity contribution is 5.73. The van der Waals surface area contributed by atoms with E-state index in [9.17, 15) is 102 Å². The summed E-state index contributed by atoms with van der Waals surface area (Å²) >= 11 is 0. The van der Waals surface area contributed by atoms with Gasteiger partial charge in [-0.15, -0.1) is 0 Å². The van der Waals surface area contributed by atoms with E-state index >= 15 is 0 Å². The second-order valence-corrected chi connectivity index (χ2v) is 18.1. The maximum Gasteiger partial charge on any atom is 0.217 e. The van der Waals surface area contributed by atoms with Crippen molar-refractivity contribution in [2.24, 2.45) is 0 Å². The van der Waals surface area contributed by atoms with Gasteiger partial charge in [0.1, 0.15) is 140 Å². The summed E-state index contributed by atoms with van der Waals surface area (Å²) in [6.07, 6.45) is -50.7. The standard InChI is InChI=1S/C40H70N2O30/c1-10-21(52)34(71-36-19(41-11(2)47)27(58)24(55)16(6-45)66-36)31(62)39(65-10)70-33-20(42-12(3)48)37(68-18(26(33)57)9-64-38-29(60)28(59)25(56)17(7-46)67-38)72-35-30(61)32(14(50)5-44)69-40(35)63-8-15(51)23(54)22(53)13(49)4-43/h10,13-40,43-46,49-62H,4-9H2,1-3H3,(H,41,47)(H,42,48)/t10-,13+,14-,15-,16-,17-,18-,19-,20-,21-,22-,23-,24-,25-,26-,27-,28+,29-,30+,31+,32+,33-,34+,35-,36+,37+,38+,39-,40-/m1/s1. The van der Waals surface area contributed by atoms with Crippen LogP contribution in [0.2, 0.25) is 0 Å². The van der Waals surface area contributed by atoms with Gasteiger partial charge in [0.25, 0.3) is 0 Å². The second kappa shape index (κ2) is 26.7. The number of aliphatic hydroxyl groups excluding tert-OH is 18. The summed E-state index contributed by atoms with van der Waals surface area (Å²) in [6.45, 7) is -2.33. The fourth-order valence-electron chi connectivity index (χ4n) is 8.65. The molecular weight excluding hydrogens is 988 g/mol. The zero-order valence-corrected chi connectivity index (χ0v) is 38.9. The Kier molecular flexibility index (Phi) is 22.5. The van der Waals surface area contributed by atoms with Crippen LogP contribution in [0.1, 0.15) is 20.8 Å². The molecule has 2 amide bonds. The molecule has 0 aromatic carbocycles. The molecule has 72 heavy (non-hydrogen) atoms. The van der Waals surface area contributed by atoms with Crippen LogP contribution in [0.4, 0.5) is 0 Å². The van der Waals surface area contributed by atoms with Crippen LogP contribution in [0.3, 0.4) is 0 Å². The lowest BCUT2D eigenvalue weighted by atomic mass is 9.94. The summed E-state index contributed by atoms with van der Waals surface area (Å²) in [4.78, 5) is 25.0. The summed E-state index contributed by atoms with van der Waals surface area (Å²) in [5, 5.41) is 194. The molecular formula is C40H70N2O30. The van der Waals surface area contributed by atoms with Crippen LogP contribution < -0.4 is 10.6 Å². The van der Waals surface area contributed by atoms with E-state index in [2.05, 4.69) is 10.6 Å². The second-order valence-electron chi connectivity index (χ2n) is 18.1. The highest BCUT2D eigenvalue weighted by atomic mass is 16.8. The number of nitrogens with one attached hydrogen (secondary N) is 2. The Hall–Kier alpha value is -2.18. The van der Waals surface area contributed by atoms with Gasteiger partial charge in [-0.05, 0) is 6.92 Å². The van der Waals surface area contributed by atoms with Crippen molar-refractivity contribution in [2.45, 2.75) is 199 Å². The Morgan fingerprint density at radius 1 is 0.486 bits per heavy atom. The minimum atomic E-state index is -2.16. The first-order valence-corrected chi connectivity index (χ1v) is 22.9. The van der Waals surface area contributed by atoms with Gasteiger partial charge in [0.15, 0.2) is 31.5 Å². The summed E-state index contributed by atoms with van der Waals surface area (Å²) in [7, 11) is 0. The maximum atomic E-state index is 12.9. The summed E-state index contributed by atoms with van der Waals surface area (Å²) in [5.74, 6) is -1.62. The lowest BCUT2D eigenvalue weighted by Crippen LogP contribution is -2.69. The number of carbonyl (C=O) groups is 2. The minimum Gasteiger partial charge on any atom is -0.394 e. The van der Waals surface area contributed by atoms with E-state index in [4.69, 9.17) is 47.4 Å². The van der Waals surface area contributed by atoms with Crippen LogP contribution in [-0.2, 0) is 57.0 Å². The van der Waals surface area contributed by atoms with Crippen molar-refractivity contribution in [3.63, 3.8) is 0 Å². The van der Waals surface area contributed by atoms with Gasteiger partial charge >= 0.3 is 0 Å². The molecule has 420 valence electrons. The van der Waals surface area contributed by atoms with E-state index in [0.717, 1.165) is 13.8 Å². The number of aliphatic hydroxyl groups is 18. The van der Waals surface area contributed by atoms with E-state index < -0.39 is 229 Å². The molecule has 0 aliphatic carbocycles. The molecule has 5 aliphatic rings.